The highest BCUT2D eigenvalue weighted by Crippen LogP contribution is 2.49. The van der Waals surface area contributed by atoms with Crippen molar-refractivity contribution < 1.29 is 0 Å². The molecule has 2 bridgehead atoms. The normalized spacial score (nSPS) is 31.0. The summed E-state index contributed by atoms with van der Waals surface area (Å²) < 4.78 is 0. The number of aryl methyl sites for hydroxylation is 1. The average molecular weight is 249 g/mol. The van der Waals surface area contributed by atoms with Crippen LogP contribution in [0, 0.1) is 24.7 Å². The maximum atomic E-state index is 5.74. The molecule has 3 nitrogen and oxygen atoms in total. The lowest BCUT2D eigenvalue weighted by Gasteiger charge is -2.20. The zero-order valence-electron chi connectivity index (χ0n) is 10.2. The van der Waals surface area contributed by atoms with E-state index in [0.29, 0.717) is 5.82 Å². The molecule has 2 N–H and O–H groups in total. The van der Waals surface area contributed by atoms with Crippen molar-refractivity contribution in [2.45, 2.75) is 37.8 Å². The molecule has 2 aliphatic rings. The third kappa shape index (κ3) is 2.41. The minimum atomic E-state index is 0.591. The molecule has 0 amide bonds. The predicted octanol–water partition coefficient (Wildman–Crippen LogP) is 2.90. The van der Waals surface area contributed by atoms with Crippen LogP contribution in [-0.2, 0) is 0 Å². The molecule has 17 heavy (non-hydrogen) atoms. The lowest BCUT2D eigenvalue weighted by atomic mass is 9.90. The molecule has 0 aliphatic heterocycles. The first-order valence-corrected chi connectivity index (χ1v) is 7.43. The number of hydrogen-bond donors (Lipinski definition) is 1. The minimum Gasteiger partial charge on any atom is -0.384 e. The summed E-state index contributed by atoms with van der Waals surface area (Å²) in [5.74, 6) is 4.66. The van der Waals surface area contributed by atoms with E-state index in [1.54, 1.807) is 11.8 Å². The van der Waals surface area contributed by atoms with Crippen LogP contribution >= 0.6 is 11.8 Å². The molecule has 2 saturated carbocycles. The number of anilines is 1. The molecule has 0 aromatic carbocycles. The molecule has 3 atom stereocenters. The van der Waals surface area contributed by atoms with Crippen LogP contribution in [0.2, 0.25) is 0 Å². The first kappa shape index (κ1) is 11.3. The highest BCUT2D eigenvalue weighted by molar-refractivity contribution is 7.99. The van der Waals surface area contributed by atoms with Gasteiger partial charge in [0.2, 0.25) is 0 Å². The number of nitrogens with zero attached hydrogens (tertiary/aromatic N) is 2. The van der Waals surface area contributed by atoms with E-state index >= 15 is 0 Å². The lowest BCUT2D eigenvalue weighted by Crippen LogP contribution is -2.13. The van der Waals surface area contributed by atoms with Gasteiger partial charge in [-0.05, 0) is 43.9 Å². The number of nitrogen functional groups attached to an aromatic ring is 1. The van der Waals surface area contributed by atoms with Gasteiger partial charge in [-0.2, -0.15) is 0 Å². The Hall–Kier alpha value is -0.770. The second kappa shape index (κ2) is 4.48. The highest BCUT2D eigenvalue weighted by Gasteiger charge is 2.39. The third-order valence-electron chi connectivity index (χ3n) is 4.16. The van der Waals surface area contributed by atoms with Gasteiger partial charge in [-0.25, -0.2) is 9.97 Å². The molecule has 3 rings (SSSR count). The Labute approximate surface area is 107 Å². The molecule has 1 heterocycles. The van der Waals surface area contributed by atoms with Crippen molar-refractivity contribution in [2.24, 2.45) is 17.8 Å². The molecular formula is C13H19N3S. The van der Waals surface area contributed by atoms with Gasteiger partial charge in [-0.15, -0.1) is 0 Å². The minimum absolute atomic E-state index is 0.591. The zero-order chi connectivity index (χ0) is 11.8. The summed E-state index contributed by atoms with van der Waals surface area (Å²) in [7, 11) is 0. The fraction of sp³-hybridized carbons (Fsp3) is 0.692. The predicted molar refractivity (Wildman–Crippen MR) is 70.8 cm³/mol. The van der Waals surface area contributed by atoms with Gasteiger partial charge in [0.15, 0.2) is 5.16 Å². The van der Waals surface area contributed by atoms with E-state index in [0.717, 1.165) is 28.6 Å². The topological polar surface area (TPSA) is 51.8 Å². The molecule has 1 aromatic rings. The van der Waals surface area contributed by atoms with Crippen LogP contribution in [-0.4, -0.2) is 15.7 Å². The van der Waals surface area contributed by atoms with Gasteiger partial charge >= 0.3 is 0 Å². The molecular weight excluding hydrogens is 230 g/mol. The molecule has 0 spiro atoms. The van der Waals surface area contributed by atoms with Gasteiger partial charge in [-0.3, -0.25) is 0 Å². The van der Waals surface area contributed by atoms with Gasteiger partial charge in [0.05, 0.1) is 0 Å². The smallest absolute Gasteiger partial charge is 0.189 e. The van der Waals surface area contributed by atoms with Crippen LogP contribution in [0.4, 0.5) is 5.82 Å². The highest BCUT2D eigenvalue weighted by atomic mass is 32.2. The Morgan fingerprint density at radius 1 is 1.35 bits per heavy atom. The van der Waals surface area contributed by atoms with Crippen LogP contribution < -0.4 is 5.73 Å². The van der Waals surface area contributed by atoms with Crippen LogP contribution in [0.25, 0.3) is 0 Å². The largest absolute Gasteiger partial charge is 0.384 e. The Morgan fingerprint density at radius 3 is 2.88 bits per heavy atom. The molecule has 3 unspecified atom stereocenters. The number of thioether (sulfide) groups is 1. The second-order valence-corrected chi connectivity index (χ2v) is 6.45. The van der Waals surface area contributed by atoms with E-state index in [1.807, 2.05) is 13.0 Å². The standard InChI is InChI=1S/C13H19N3S/c1-8-4-12(14)16-13(15-8)17-7-11-6-9-2-3-10(11)5-9/h4,9-11H,2-3,5-7H2,1H3,(H2,14,15,16). The monoisotopic (exact) mass is 249 g/mol. The molecule has 1 aromatic heterocycles. The van der Waals surface area contributed by atoms with Gasteiger partial charge in [0, 0.05) is 17.5 Å². The van der Waals surface area contributed by atoms with Crippen molar-refractivity contribution in [3.05, 3.63) is 11.8 Å². The Morgan fingerprint density at radius 2 is 2.24 bits per heavy atom. The number of aromatic nitrogens is 2. The molecule has 92 valence electrons. The lowest BCUT2D eigenvalue weighted by molar-refractivity contribution is 0.365. The van der Waals surface area contributed by atoms with Crippen molar-refractivity contribution in [3.63, 3.8) is 0 Å². The molecule has 0 radical (unpaired) electrons. The summed E-state index contributed by atoms with van der Waals surface area (Å²) in [5.41, 5.74) is 6.70. The van der Waals surface area contributed by atoms with Crippen LogP contribution in [0.15, 0.2) is 11.2 Å². The van der Waals surface area contributed by atoms with E-state index < -0.39 is 0 Å². The Balaban J connectivity index is 1.60. The Kier molecular flexibility index (Phi) is 2.99. The average Bonchev–Trinajstić information content (AvgIpc) is 2.86. The molecule has 2 aliphatic carbocycles. The van der Waals surface area contributed by atoms with E-state index in [-0.39, 0.29) is 0 Å². The van der Waals surface area contributed by atoms with Gasteiger partial charge < -0.3 is 5.73 Å². The maximum Gasteiger partial charge on any atom is 0.189 e. The third-order valence-corrected chi connectivity index (χ3v) is 5.20. The molecule has 0 saturated heterocycles. The summed E-state index contributed by atoms with van der Waals surface area (Å²) in [6.45, 7) is 1.97. The van der Waals surface area contributed by atoms with Gasteiger partial charge in [0.25, 0.3) is 0 Å². The van der Waals surface area contributed by atoms with Crippen LogP contribution in [0.3, 0.4) is 0 Å². The summed E-state index contributed by atoms with van der Waals surface area (Å²) in [6, 6.07) is 1.82. The number of rotatable bonds is 3. The number of fused-ring (bicyclic) bond motifs is 2. The van der Waals surface area contributed by atoms with E-state index in [2.05, 4.69) is 9.97 Å². The van der Waals surface area contributed by atoms with Crippen molar-refractivity contribution >= 4 is 17.6 Å². The SMILES string of the molecule is Cc1cc(N)nc(SCC2CC3CCC2C3)n1. The van der Waals surface area contributed by atoms with Crippen molar-refractivity contribution in [3.8, 4) is 0 Å². The molecule has 2 fully saturated rings. The summed E-state index contributed by atoms with van der Waals surface area (Å²) in [5, 5.41) is 0.852. The summed E-state index contributed by atoms with van der Waals surface area (Å²) in [4.78, 5) is 8.72. The molecule has 4 heteroatoms. The van der Waals surface area contributed by atoms with E-state index in [9.17, 15) is 0 Å². The zero-order valence-corrected chi connectivity index (χ0v) is 11.0. The van der Waals surface area contributed by atoms with Crippen LogP contribution in [0.1, 0.15) is 31.4 Å². The Bertz CT molecular complexity index is 401. The first-order chi connectivity index (χ1) is 8.20. The van der Waals surface area contributed by atoms with Crippen LogP contribution in [0.5, 0.6) is 0 Å². The fourth-order valence-electron chi connectivity index (χ4n) is 3.39. The van der Waals surface area contributed by atoms with E-state index in [1.165, 1.54) is 31.4 Å². The number of nitrogens with two attached hydrogens (primary N) is 1. The van der Waals surface area contributed by atoms with Crippen molar-refractivity contribution in [1.82, 2.24) is 9.97 Å². The fourth-order valence-corrected chi connectivity index (χ4v) is 4.54. The maximum absolute atomic E-state index is 5.74. The summed E-state index contributed by atoms with van der Waals surface area (Å²) >= 11 is 1.78. The number of hydrogen-bond acceptors (Lipinski definition) is 4. The van der Waals surface area contributed by atoms with Crippen molar-refractivity contribution in [1.29, 1.82) is 0 Å². The summed E-state index contributed by atoms with van der Waals surface area (Å²) in [6.07, 6.45) is 5.83. The first-order valence-electron chi connectivity index (χ1n) is 6.44. The quantitative estimate of drug-likeness (QED) is 0.661. The van der Waals surface area contributed by atoms with Gasteiger partial charge in [-0.1, -0.05) is 18.2 Å². The van der Waals surface area contributed by atoms with Crippen molar-refractivity contribution in [2.75, 3.05) is 11.5 Å². The van der Waals surface area contributed by atoms with E-state index in [4.69, 9.17) is 5.73 Å². The second-order valence-electron chi connectivity index (χ2n) is 5.46. The van der Waals surface area contributed by atoms with Gasteiger partial charge in [0.1, 0.15) is 5.82 Å².